The van der Waals surface area contributed by atoms with Crippen LogP contribution in [-0.2, 0) is 10.0 Å². The van der Waals surface area contributed by atoms with E-state index in [1.54, 1.807) is 12.1 Å². The smallest absolute Gasteiger partial charge is 0.261 e. The molecule has 0 radical (unpaired) electrons. The quantitative estimate of drug-likeness (QED) is 0.551. The molecule has 0 heterocycles. The Morgan fingerprint density at radius 1 is 0.700 bits per heavy atom. The zero-order valence-electron chi connectivity index (χ0n) is 17.0. The van der Waals surface area contributed by atoms with E-state index in [9.17, 15) is 8.42 Å². The number of benzene rings is 3. The van der Waals surface area contributed by atoms with E-state index in [1.165, 1.54) is 37.7 Å². The van der Waals surface area contributed by atoms with Crippen molar-refractivity contribution >= 4 is 26.5 Å². The van der Waals surface area contributed by atoms with Gasteiger partial charge in [-0.3, -0.25) is 4.72 Å². The van der Waals surface area contributed by atoms with Crippen LogP contribution in [0.4, 0.5) is 5.69 Å². The molecular weight excluding hydrogens is 390 g/mol. The molecule has 4 fully saturated rings. The van der Waals surface area contributed by atoms with Crippen molar-refractivity contribution in [3.8, 4) is 0 Å². The summed E-state index contributed by atoms with van der Waals surface area (Å²) in [5, 5.41) is 1.97. The molecule has 0 aliphatic heterocycles. The third-order valence-corrected chi connectivity index (χ3v) is 9.18. The van der Waals surface area contributed by atoms with Gasteiger partial charge in [-0.05, 0) is 102 Å². The van der Waals surface area contributed by atoms with E-state index in [0.29, 0.717) is 16.5 Å². The molecule has 0 spiro atoms. The third kappa shape index (κ3) is 3.13. The molecule has 0 amide bonds. The maximum atomic E-state index is 12.9. The second-order valence-corrected chi connectivity index (χ2v) is 11.4. The van der Waals surface area contributed by atoms with Gasteiger partial charge in [-0.2, -0.15) is 0 Å². The molecule has 0 saturated heterocycles. The molecule has 7 rings (SSSR count). The first-order valence-corrected chi connectivity index (χ1v) is 12.6. The van der Waals surface area contributed by atoms with Gasteiger partial charge in [-0.15, -0.1) is 0 Å². The Balaban J connectivity index is 1.23. The van der Waals surface area contributed by atoms with Crippen molar-refractivity contribution in [2.45, 2.75) is 42.9 Å². The average Bonchev–Trinajstić information content (AvgIpc) is 2.73. The first kappa shape index (κ1) is 18.4. The Bertz CT molecular complexity index is 1170. The fraction of sp³-hybridized carbons (Fsp3) is 0.385. The van der Waals surface area contributed by atoms with E-state index in [2.05, 4.69) is 16.9 Å². The van der Waals surface area contributed by atoms with Crippen molar-refractivity contribution in [1.82, 2.24) is 0 Å². The van der Waals surface area contributed by atoms with Crippen LogP contribution in [0.5, 0.6) is 0 Å². The van der Waals surface area contributed by atoms with Crippen LogP contribution in [0.1, 0.15) is 43.6 Å². The van der Waals surface area contributed by atoms with Crippen LogP contribution in [0, 0.1) is 23.7 Å². The van der Waals surface area contributed by atoms with Gasteiger partial charge in [-0.1, -0.05) is 42.5 Å². The van der Waals surface area contributed by atoms with E-state index < -0.39 is 10.0 Å². The molecule has 0 atom stereocenters. The number of anilines is 1. The summed E-state index contributed by atoms with van der Waals surface area (Å²) >= 11 is 0. The number of rotatable bonds is 4. The minimum atomic E-state index is -3.61. The van der Waals surface area contributed by atoms with Crippen molar-refractivity contribution < 1.29 is 8.42 Å². The largest absolute Gasteiger partial charge is 0.280 e. The number of fused-ring (bicyclic) bond motifs is 1. The van der Waals surface area contributed by atoms with E-state index >= 15 is 0 Å². The summed E-state index contributed by atoms with van der Waals surface area (Å²) in [7, 11) is -3.61. The van der Waals surface area contributed by atoms with Crippen molar-refractivity contribution in [3.63, 3.8) is 0 Å². The van der Waals surface area contributed by atoms with Crippen molar-refractivity contribution in [2.75, 3.05) is 4.72 Å². The van der Waals surface area contributed by atoms with Gasteiger partial charge < -0.3 is 0 Å². The molecule has 3 nitrogen and oxygen atoms in total. The monoisotopic (exact) mass is 417 g/mol. The molecule has 154 valence electrons. The standard InChI is InChI=1S/C26H27NO2S/c28-30(29,25-10-7-19-3-1-2-4-21(19)16-25)27-24-8-5-20(6-9-24)26-22-12-17-11-18(14-22)15-23(26)13-17/h1-10,16-18,22-23,26-27H,11-15H2. The maximum absolute atomic E-state index is 12.9. The molecule has 1 N–H and O–H groups in total. The Morgan fingerprint density at radius 3 is 2.00 bits per heavy atom. The molecule has 3 aromatic carbocycles. The second-order valence-electron chi connectivity index (χ2n) is 9.69. The molecule has 30 heavy (non-hydrogen) atoms. The fourth-order valence-corrected chi connectivity index (χ4v) is 7.89. The normalized spacial score (nSPS) is 29.9. The van der Waals surface area contributed by atoms with Crippen LogP contribution < -0.4 is 4.72 Å². The Hall–Kier alpha value is -2.33. The number of sulfonamides is 1. The lowest BCUT2D eigenvalue weighted by molar-refractivity contribution is -0.00277. The zero-order chi connectivity index (χ0) is 20.3. The van der Waals surface area contributed by atoms with E-state index in [-0.39, 0.29) is 0 Å². The SMILES string of the molecule is O=S(=O)(Nc1ccc(C2C3CC4CC(C3)CC2C4)cc1)c1ccc2ccccc2c1. The molecule has 0 aromatic heterocycles. The molecule has 0 unspecified atom stereocenters. The van der Waals surface area contributed by atoms with Crippen LogP contribution in [-0.4, -0.2) is 8.42 Å². The Labute approximate surface area is 178 Å². The predicted octanol–water partition coefficient (Wildman–Crippen LogP) is 6.18. The number of hydrogen-bond donors (Lipinski definition) is 1. The van der Waals surface area contributed by atoms with Crippen molar-refractivity contribution in [2.24, 2.45) is 23.7 Å². The van der Waals surface area contributed by atoms with Gasteiger partial charge >= 0.3 is 0 Å². The molecule has 4 saturated carbocycles. The molecule has 4 aliphatic rings. The Kier molecular flexibility index (Phi) is 4.21. The minimum absolute atomic E-state index is 0.298. The molecule has 4 heteroatoms. The molecule has 4 bridgehead atoms. The zero-order valence-corrected chi connectivity index (χ0v) is 17.8. The summed E-state index contributed by atoms with van der Waals surface area (Å²) in [5.41, 5.74) is 2.04. The van der Waals surface area contributed by atoms with E-state index in [0.717, 1.165) is 34.4 Å². The third-order valence-electron chi connectivity index (χ3n) is 7.81. The van der Waals surface area contributed by atoms with Crippen molar-refractivity contribution in [3.05, 3.63) is 72.3 Å². The van der Waals surface area contributed by atoms with Gasteiger partial charge in [0, 0.05) is 5.69 Å². The van der Waals surface area contributed by atoms with Gasteiger partial charge in [0.2, 0.25) is 0 Å². The fourth-order valence-electron chi connectivity index (χ4n) is 6.79. The molecule has 3 aromatic rings. The van der Waals surface area contributed by atoms with Crippen LogP contribution in [0.2, 0.25) is 0 Å². The van der Waals surface area contributed by atoms with Crippen LogP contribution in [0.25, 0.3) is 10.8 Å². The lowest BCUT2D eigenvalue weighted by atomic mass is 9.51. The van der Waals surface area contributed by atoms with E-state index in [4.69, 9.17) is 0 Å². The summed E-state index contributed by atoms with van der Waals surface area (Å²) in [4.78, 5) is 0.298. The van der Waals surface area contributed by atoms with Gasteiger partial charge in [0.1, 0.15) is 0 Å². The topological polar surface area (TPSA) is 46.2 Å². The lowest BCUT2D eigenvalue weighted by Gasteiger charge is -2.54. The highest BCUT2D eigenvalue weighted by Crippen LogP contribution is 2.59. The van der Waals surface area contributed by atoms with Gasteiger partial charge in [0.05, 0.1) is 4.90 Å². The first-order valence-electron chi connectivity index (χ1n) is 11.2. The highest BCUT2D eigenvalue weighted by atomic mass is 32.2. The molecular formula is C26H27NO2S. The summed E-state index contributed by atoms with van der Waals surface area (Å²) in [6.45, 7) is 0. The maximum Gasteiger partial charge on any atom is 0.261 e. The number of hydrogen-bond acceptors (Lipinski definition) is 2. The Morgan fingerprint density at radius 2 is 1.33 bits per heavy atom. The van der Waals surface area contributed by atoms with Crippen molar-refractivity contribution in [1.29, 1.82) is 0 Å². The highest BCUT2D eigenvalue weighted by Gasteiger charge is 2.48. The van der Waals surface area contributed by atoms with Gasteiger partial charge in [-0.25, -0.2) is 8.42 Å². The van der Waals surface area contributed by atoms with Crippen LogP contribution in [0.3, 0.4) is 0 Å². The van der Waals surface area contributed by atoms with Gasteiger partial charge in [0.15, 0.2) is 0 Å². The van der Waals surface area contributed by atoms with Gasteiger partial charge in [0.25, 0.3) is 10.0 Å². The lowest BCUT2D eigenvalue weighted by Crippen LogP contribution is -2.43. The first-order chi connectivity index (χ1) is 14.5. The summed E-state index contributed by atoms with van der Waals surface area (Å²) in [6, 6.07) is 21.3. The highest BCUT2D eigenvalue weighted by molar-refractivity contribution is 7.92. The summed E-state index contributed by atoms with van der Waals surface area (Å²) in [5.74, 6) is 4.28. The average molecular weight is 418 g/mol. The second kappa shape index (κ2) is 6.84. The summed E-state index contributed by atoms with van der Waals surface area (Å²) in [6.07, 6.45) is 7.05. The van der Waals surface area contributed by atoms with E-state index in [1.807, 2.05) is 42.5 Å². The molecule has 4 aliphatic carbocycles. The number of nitrogens with one attached hydrogen (secondary N) is 1. The van der Waals surface area contributed by atoms with Crippen LogP contribution >= 0.6 is 0 Å². The van der Waals surface area contributed by atoms with Crippen LogP contribution in [0.15, 0.2) is 71.6 Å². The summed E-state index contributed by atoms with van der Waals surface area (Å²) < 4.78 is 28.6. The minimum Gasteiger partial charge on any atom is -0.280 e. The predicted molar refractivity (Wildman–Crippen MR) is 121 cm³/mol.